The van der Waals surface area contributed by atoms with Gasteiger partial charge in [0.25, 0.3) is 0 Å². The maximum atomic E-state index is 9.47. The van der Waals surface area contributed by atoms with Crippen LogP contribution < -0.4 is 5.32 Å². The van der Waals surface area contributed by atoms with Crippen molar-refractivity contribution in [3.05, 3.63) is 64.7 Å². The summed E-state index contributed by atoms with van der Waals surface area (Å²) in [6, 6.07) is 15.3. The van der Waals surface area contributed by atoms with E-state index in [0.717, 1.165) is 22.7 Å². The third-order valence-corrected chi connectivity index (χ3v) is 3.52. The van der Waals surface area contributed by atoms with Gasteiger partial charge in [-0.1, -0.05) is 56.6 Å². The van der Waals surface area contributed by atoms with Gasteiger partial charge in [0.2, 0.25) is 0 Å². The van der Waals surface area contributed by atoms with Crippen LogP contribution in [0.3, 0.4) is 0 Å². The molecule has 2 N–H and O–H groups in total. The first-order chi connectivity index (χ1) is 9.85. The smallest absolute Gasteiger partial charge is 0.115 e. The zero-order chi connectivity index (χ0) is 15.5. The molecule has 0 aliphatic carbocycles. The van der Waals surface area contributed by atoms with Crippen molar-refractivity contribution in [3.63, 3.8) is 0 Å². The van der Waals surface area contributed by atoms with Crippen molar-refractivity contribution in [3.8, 4) is 5.75 Å². The second-order valence-electron chi connectivity index (χ2n) is 6.52. The number of phenolic OH excluding ortho intramolecular Hbond substituents is 1. The van der Waals surface area contributed by atoms with Crippen molar-refractivity contribution >= 4 is 11.6 Å². The highest BCUT2D eigenvalue weighted by atomic mass is 35.5. The second-order valence-corrected chi connectivity index (χ2v) is 6.95. The standard InChI is InChI=1S/C18H22ClNO/c1-18(2,3)12-20-17(13-4-8-15(19)9-5-13)14-6-10-16(21)11-7-14/h4-11,17,20-21H,12H2,1-3H3. The molecule has 0 bridgehead atoms. The van der Waals surface area contributed by atoms with Crippen LogP contribution in [0.2, 0.25) is 5.02 Å². The maximum Gasteiger partial charge on any atom is 0.115 e. The molecule has 1 unspecified atom stereocenters. The average Bonchev–Trinajstić information content (AvgIpc) is 2.41. The van der Waals surface area contributed by atoms with Gasteiger partial charge in [-0.3, -0.25) is 0 Å². The molecule has 0 aromatic heterocycles. The Bertz CT molecular complexity index is 524. The number of hydrogen-bond donors (Lipinski definition) is 2. The van der Waals surface area contributed by atoms with Crippen LogP contribution in [-0.4, -0.2) is 11.7 Å². The van der Waals surface area contributed by atoms with E-state index in [-0.39, 0.29) is 17.2 Å². The van der Waals surface area contributed by atoms with Gasteiger partial charge in [0.05, 0.1) is 6.04 Å². The molecule has 0 aliphatic rings. The highest BCUT2D eigenvalue weighted by Crippen LogP contribution is 2.26. The first-order valence-corrected chi connectivity index (χ1v) is 7.51. The maximum absolute atomic E-state index is 9.47. The summed E-state index contributed by atoms with van der Waals surface area (Å²) >= 11 is 5.98. The van der Waals surface area contributed by atoms with Crippen LogP contribution in [0.15, 0.2) is 48.5 Å². The topological polar surface area (TPSA) is 32.3 Å². The van der Waals surface area contributed by atoms with E-state index >= 15 is 0 Å². The van der Waals surface area contributed by atoms with E-state index in [1.165, 1.54) is 0 Å². The number of hydrogen-bond acceptors (Lipinski definition) is 2. The summed E-state index contributed by atoms with van der Waals surface area (Å²) in [6.07, 6.45) is 0. The van der Waals surface area contributed by atoms with Crippen molar-refractivity contribution in [1.82, 2.24) is 5.32 Å². The molecule has 0 aliphatic heterocycles. The minimum Gasteiger partial charge on any atom is -0.508 e. The van der Waals surface area contributed by atoms with Gasteiger partial charge >= 0.3 is 0 Å². The molecule has 0 radical (unpaired) electrons. The molecule has 0 spiro atoms. The summed E-state index contributed by atoms with van der Waals surface area (Å²) in [6.45, 7) is 7.50. The largest absolute Gasteiger partial charge is 0.508 e. The van der Waals surface area contributed by atoms with E-state index in [1.54, 1.807) is 12.1 Å². The molecule has 2 nitrogen and oxygen atoms in total. The monoisotopic (exact) mass is 303 g/mol. The second kappa shape index (κ2) is 6.50. The van der Waals surface area contributed by atoms with Crippen LogP contribution in [0.1, 0.15) is 37.9 Å². The van der Waals surface area contributed by atoms with Gasteiger partial charge in [0.15, 0.2) is 0 Å². The van der Waals surface area contributed by atoms with E-state index in [2.05, 4.69) is 26.1 Å². The molecule has 3 heteroatoms. The van der Waals surface area contributed by atoms with Gasteiger partial charge in [-0.25, -0.2) is 0 Å². The minimum absolute atomic E-state index is 0.0853. The first kappa shape index (κ1) is 15.9. The number of aromatic hydroxyl groups is 1. The van der Waals surface area contributed by atoms with Crippen molar-refractivity contribution < 1.29 is 5.11 Å². The van der Waals surface area contributed by atoms with Gasteiger partial charge in [-0.2, -0.15) is 0 Å². The number of nitrogens with one attached hydrogen (secondary N) is 1. The fraction of sp³-hybridized carbons (Fsp3) is 0.333. The van der Waals surface area contributed by atoms with Crippen LogP contribution in [0.25, 0.3) is 0 Å². The Morgan fingerprint density at radius 3 is 1.90 bits per heavy atom. The summed E-state index contributed by atoms with van der Waals surface area (Å²) < 4.78 is 0. The summed E-state index contributed by atoms with van der Waals surface area (Å²) in [5, 5.41) is 13.8. The Balaban J connectivity index is 2.29. The predicted molar refractivity (Wildman–Crippen MR) is 88.9 cm³/mol. The van der Waals surface area contributed by atoms with Crippen LogP contribution in [0.5, 0.6) is 5.75 Å². The average molecular weight is 304 g/mol. The molecular weight excluding hydrogens is 282 g/mol. The number of benzene rings is 2. The fourth-order valence-electron chi connectivity index (χ4n) is 2.16. The van der Waals surface area contributed by atoms with Crippen LogP contribution in [-0.2, 0) is 0 Å². The number of halogens is 1. The normalized spacial score (nSPS) is 13.1. The van der Waals surface area contributed by atoms with Crippen molar-refractivity contribution in [2.24, 2.45) is 5.41 Å². The zero-order valence-electron chi connectivity index (χ0n) is 12.7. The third kappa shape index (κ3) is 4.76. The van der Waals surface area contributed by atoms with Crippen LogP contribution in [0.4, 0.5) is 0 Å². The molecule has 1 atom stereocenters. The molecule has 112 valence electrons. The lowest BCUT2D eigenvalue weighted by atomic mass is 9.93. The van der Waals surface area contributed by atoms with Crippen molar-refractivity contribution in [2.75, 3.05) is 6.54 Å². The Morgan fingerprint density at radius 2 is 1.43 bits per heavy atom. The molecule has 0 heterocycles. The summed E-state index contributed by atoms with van der Waals surface area (Å²) in [5.41, 5.74) is 2.48. The highest BCUT2D eigenvalue weighted by molar-refractivity contribution is 6.30. The molecule has 2 aromatic carbocycles. The number of rotatable bonds is 4. The minimum atomic E-state index is 0.0853. The fourth-order valence-corrected chi connectivity index (χ4v) is 2.28. The van der Waals surface area contributed by atoms with Gasteiger partial charge in [0, 0.05) is 11.6 Å². The molecule has 0 saturated carbocycles. The predicted octanol–water partition coefficient (Wildman–Crippen LogP) is 4.77. The Hall–Kier alpha value is -1.51. The van der Waals surface area contributed by atoms with E-state index in [1.807, 2.05) is 36.4 Å². The van der Waals surface area contributed by atoms with Gasteiger partial charge in [0.1, 0.15) is 5.75 Å². The zero-order valence-corrected chi connectivity index (χ0v) is 13.5. The van der Waals surface area contributed by atoms with Crippen LogP contribution >= 0.6 is 11.6 Å². The van der Waals surface area contributed by atoms with Gasteiger partial charge in [-0.05, 0) is 40.8 Å². The lowest BCUT2D eigenvalue weighted by Crippen LogP contribution is -2.31. The highest BCUT2D eigenvalue weighted by Gasteiger charge is 2.17. The molecule has 0 amide bonds. The summed E-state index contributed by atoms with van der Waals surface area (Å²) in [7, 11) is 0. The van der Waals surface area contributed by atoms with Crippen molar-refractivity contribution in [1.29, 1.82) is 0 Å². The van der Waals surface area contributed by atoms with Crippen molar-refractivity contribution in [2.45, 2.75) is 26.8 Å². The Morgan fingerprint density at radius 1 is 0.952 bits per heavy atom. The summed E-state index contributed by atoms with van der Waals surface area (Å²) in [5.74, 6) is 0.282. The third-order valence-electron chi connectivity index (χ3n) is 3.27. The Labute approximate surface area is 131 Å². The Kier molecular flexibility index (Phi) is 4.92. The molecule has 0 saturated heterocycles. The van der Waals surface area contributed by atoms with Crippen LogP contribution in [0, 0.1) is 5.41 Å². The lowest BCUT2D eigenvalue weighted by molar-refractivity contribution is 0.365. The first-order valence-electron chi connectivity index (χ1n) is 7.13. The summed E-state index contributed by atoms with van der Waals surface area (Å²) in [4.78, 5) is 0. The van der Waals surface area contributed by atoms with E-state index in [4.69, 9.17) is 11.6 Å². The van der Waals surface area contributed by atoms with E-state index in [0.29, 0.717) is 0 Å². The molecular formula is C18H22ClNO. The van der Waals surface area contributed by atoms with E-state index < -0.39 is 0 Å². The van der Waals surface area contributed by atoms with E-state index in [9.17, 15) is 5.11 Å². The molecule has 21 heavy (non-hydrogen) atoms. The molecule has 2 rings (SSSR count). The van der Waals surface area contributed by atoms with Gasteiger partial charge < -0.3 is 10.4 Å². The molecule has 2 aromatic rings. The molecule has 0 fully saturated rings. The lowest BCUT2D eigenvalue weighted by Gasteiger charge is -2.26. The van der Waals surface area contributed by atoms with Gasteiger partial charge in [-0.15, -0.1) is 0 Å². The number of phenols is 1. The quantitative estimate of drug-likeness (QED) is 0.852. The SMILES string of the molecule is CC(C)(C)CNC(c1ccc(O)cc1)c1ccc(Cl)cc1.